The molecule has 1 aliphatic carbocycles. The predicted octanol–water partition coefficient (Wildman–Crippen LogP) is 5.27. The number of anilines is 1. The topological polar surface area (TPSA) is 67.3 Å². The Morgan fingerprint density at radius 2 is 1.69 bits per heavy atom. The van der Waals surface area contributed by atoms with Gasteiger partial charge >= 0.3 is 0 Å². The first kappa shape index (κ1) is 22.5. The van der Waals surface area contributed by atoms with Gasteiger partial charge in [0.25, 0.3) is 0 Å². The summed E-state index contributed by atoms with van der Waals surface area (Å²) >= 11 is 0. The lowest BCUT2D eigenvalue weighted by atomic mass is 9.63. The number of nitrogens with zero attached hydrogens (tertiary/aromatic N) is 2. The van der Waals surface area contributed by atoms with Gasteiger partial charge in [-0.25, -0.2) is 4.39 Å². The predicted molar refractivity (Wildman–Crippen MR) is 134 cm³/mol. The standard InChI is InChI=1S/C30H25FN2O3/c1-29(2,3)28(36)25-24(18-7-6-14-32-16-18)30(26(34)20-8-4-5-9-21(20)27(30)35)23-13-10-17-15-19(31)11-12-22(17)33(23)25/h4-16,23-25H,1-3H3/t23-,24+,25+/m1/s1. The smallest absolute Gasteiger partial charge is 0.180 e. The van der Waals surface area contributed by atoms with E-state index in [4.69, 9.17) is 0 Å². The van der Waals surface area contributed by atoms with Crippen molar-refractivity contribution in [3.8, 4) is 0 Å². The summed E-state index contributed by atoms with van der Waals surface area (Å²) in [6.07, 6.45) is 6.83. The lowest BCUT2D eigenvalue weighted by molar-refractivity contribution is -0.127. The molecule has 3 aliphatic rings. The van der Waals surface area contributed by atoms with Crippen LogP contribution in [0.1, 0.15) is 58.5 Å². The van der Waals surface area contributed by atoms with E-state index in [-0.39, 0.29) is 17.3 Å². The minimum Gasteiger partial charge on any atom is -0.352 e. The number of fused-ring (bicyclic) bond motifs is 5. The quantitative estimate of drug-likeness (QED) is 0.468. The van der Waals surface area contributed by atoms with E-state index in [9.17, 15) is 18.8 Å². The molecular formula is C30H25FN2O3. The Morgan fingerprint density at radius 3 is 2.31 bits per heavy atom. The van der Waals surface area contributed by atoms with Gasteiger partial charge in [-0.05, 0) is 29.8 Å². The third kappa shape index (κ3) is 2.81. The number of Topliss-reactive ketones (excluding diaryl/α,β-unsaturated/α-hetero) is 3. The van der Waals surface area contributed by atoms with Gasteiger partial charge in [-0.3, -0.25) is 19.4 Å². The monoisotopic (exact) mass is 480 g/mol. The van der Waals surface area contributed by atoms with Crippen molar-refractivity contribution >= 4 is 29.1 Å². The highest BCUT2D eigenvalue weighted by Gasteiger charge is 2.72. The number of benzene rings is 2. The van der Waals surface area contributed by atoms with Crippen LogP contribution in [0.2, 0.25) is 0 Å². The van der Waals surface area contributed by atoms with Crippen LogP contribution in [0.4, 0.5) is 10.1 Å². The van der Waals surface area contributed by atoms with Gasteiger partial charge in [-0.15, -0.1) is 0 Å². The first-order valence-corrected chi connectivity index (χ1v) is 12.1. The number of pyridine rings is 1. The molecule has 2 aromatic carbocycles. The van der Waals surface area contributed by atoms with Gasteiger partial charge in [0.05, 0.1) is 12.1 Å². The van der Waals surface area contributed by atoms with E-state index in [2.05, 4.69) is 4.98 Å². The summed E-state index contributed by atoms with van der Waals surface area (Å²) in [5, 5.41) is 0. The summed E-state index contributed by atoms with van der Waals surface area (Å²) in [5.41, 5.74) is 0.323. The van der Waals surface area contributed by atoms with E-state index in [0.717, 1.165) is 0 Å². The van der Waals surface area contributed by atoms with Crippen molar-refractivity contribution in [1.82, 2.24) is 4.98 Å². The summed E-state index contributed by atoms with van der Waals surface area (Å²) in [6, 6.07) is 13.3. The molecule has 3 atom stereocenters. The van der Waals surface area contributed by atoms with Crippen molar-refractivity contribution in [2.45, 2.75) is 38.8 Å². The van der Waals surface area contributed by atoms with Crippen LogP contribution in [0.3, 0.4) is 0 Å². The Morgan fingerprint density at radius 1 is 1.00 bits per heavy atom. The highest BCUT2D eigenvalue weighted by atomic mass is 19.1. The zero-order valence-corrected chi connectivity index (χ0v) is 20.2. The van der Waals surface area contributed by atoms with Crippen LogP contribution < -0.4 is 4.90 Å². The molecule has 36 heavy (non-hydrogen) atoms. The molecule has 0 radical (unpaired) electrons. The molecule has 1 spiro atoms. The number of carbonyl (C=O) groups is 3. The number of ketones is 3. The first-order valence-electron chi connectivity index (χ1n) is 12.1. The van der Waals surface area contributed by atoms with Gasteiger partial charge in [0.15, 0.2) is 17.3 Å². The Hall–Kier alpha value is -3.93. The van der Waals surface area contributed by atoms with Gasteiger partial charge in [0.2, 0.25) is 0 Å². The van der Waals surface area contributed by atoms with Crippen LogP contribution in [0, 0.1) is 16.6 Å². The van der Waals surface area contributed by atoms with Crippen molar-refractivity contribution in [1.29, 1.82) is 0 Å². The molecule has 0 N–H and O–H groups in total. The first-order chi connectivity index (χ1) is 17.2. The Balaban J connectivity index is 1.70. The van der Waals surface area contributed by atoms with E-state index in [1.54, 1.807) is 60.9 Å². The molecule has 0 saturated carbocycles. The van der Waals surface area contributed by atoms with Gasteiger partial charge in [-0.2, -0.15) is 0 Å². The Labute approximate surface area is 208 Å². The lowest BCUT2D eigenvalue weighted by Gasteiger charge is -2.38. The molecule has 0 amide bonds. The van der Waals surface area contributed by atoms with Gasteiger partial charge in [0, 0.05) is 46.1 Å². The van der Waals surface area contributed by atoms with Gasteiger partial charge in [-0.1, -0.05) is 63.3 Å². The van der Waals surface area contributed by atoms with Crippen LogP contribution in [0.5, 0.6) is 0 Å². The zero-order valence-electron chi connectivity index (χ0n) is 20.2. The number of carbonyl (C=O) groups excluding carboxylic acids is 3. The van der Waals surface area contributed by atoms with Crippen molar-refractivity contribution in [2.24, 2.45) is 10.8 Å². The van der Waals surface area contributed by atoms with Crippen LogP contribution in [-0.2, 0) is 4.79 Å². The van der Waals surface area contributed by atoms with E-state index >= 15 is 0 Å². The molecule has 2 aliphatic heterocycles. The summed E-state index contributed by atoms with van der Waals surface area (Å²) in [4.78, 5) is 49.2. The second kappa shape index (κ2) is 7.53. The molecule has 0 unspecified atom stereocenters. The maximum absolute atomic E-state index is 14.4. The highest BCUT2D eigenvalue weighted by Crippen LogP contribution is 2.61. The fourth-order valence-corrected chi connectivity index (χ4v) is 6.32. The van der Waals surface area contributed by atoms with Crippen LogP contribution >= 0.6 is 0 Å². The number of aromatic nitrogens is 1. The van der Waals surface area contributed by atoms with Crippen molar-refractivity contribution in [2.75, 3.05) is 4.90 Å². The van der Waals surface area contributed by atoms with Gasteiger partial charge < -0.3 is 4.90 Å². The molecule has 1 fully saturated rings. The van der Waals surface area contributed by atoms with Gasteiger partial charge in [0.1, 0.15) is 11.2 Å². The average Bonchev–Trinajstić information content (AvgIpc) is 3.29. The SMILES string of the molecule is CC(C)(C)C(=O)[C@@H]1[C@H](c2cccnc2)C2(C(=O)c3ccccc3C2=O)[C@H]2C=Cc3cc(F)ccc3N12. The minimum absolute atomic E-state index is 0.0969. The molecule has 0 bridgehead atoms. The third-order valence-electron chi connectivity index (χ3n) is 7.82. The second-order valence-corrected chi connectivity index (χ2v) is 10.8. The molecule has 5 nitrogen and oxygen atoms in total. The zero-order chi connectivity index (χ0) is 25.4. The molecule has 3 heterocycles. The molecule has 180 valence electrons. The molecular weight excluding hydrogens is 455 g/mol. The normalized spacial score (nSPS) is 23.6. The van der Waals surface area contributed by atoms with E-state index in [1.165, 1.54) is 12.1 Å². The number of rotatable bonds is 2. The summed E-state index contributed by atoms with van der Waals surface area (Å²) in [6.45, 7) is 5.52. The number of hydrogen-bond acceptors (Lipinski definition) is 5. The highest BCUT2D eigenvalue weighted by molar-refractivity contribution is 6.32. The molecule has 3 aromatic rings. The fraction of sp³-hybridized carbons (Fsp3) is 0.267. The maximum atomic E-state index is 14.4. The minimum atomic E-state index is -1.55. The van der Waals surface area contributed by atoms with Crippen LogP contribution in [0.25, 0.3) is 6.08 Å². The lowest BCUT2D eigenvalue weighted by Crippen LogP contribution is -2.49. The number of halogens is 1. The van der Waals surface area contributed by atoms with Crippen molar-refractivity contribution in [3.63, 3.8) is 0 Å². The molecule has 1 saturated heterocycles. The summed E-state index contributed by atoms with van der Waals surface area (Å²) < 4.78 is 14.2. The summed E-state index contributed by atoms with van der Waals surface area (Å²) in [5.74, 6) is -1.84. The van der Waals surface area contributed by atoms with Crippen LogP contribution in [0.15, 0.2) is 73.1 Å². The average molecular weight is 481 g/mol. The van der Waals surface area contributed by atoms with E-state index < -0.39 is 34.6 Å². The van der Waals surface area contributed by atoms with E-state index in [0.29, 0.717) is 27.9 Å². The van der Waals surface area contributed by atoms with Crippen molar-refractivity contribution in [3.05, 3.63) is 101 Å². The largest absolute Gasteiger partial charge is 0.352 e. The Bertz CT molecular complexity index is 1440. The molecule has 1 aromatic heterocycles. The second-order valence-electron chi connectivity index (χ2n) is 10.8. The van der Waals surface area contributed by atoms with Crippen molar-refractivity contribution < 1.29 is 18.8 Å². The van der Waals surface area contributed by atoms with Crippen LogP contribution in [-0.4, -0.2) is 34.4 Å². The number of hydrogen-bond donors (Lipinski definition) is 0. The summed E-state index contributed by atoms with van der Waals surface area (Å²) in [7, 11) is 0. The fourth-order valence-electron chi connectivity index (χ4n) is 6.32. The third-order valence-corrected chi connectivity index (χ3v) is 7.82. The Kier molecular flexibility index (Phi) is 4.71. The maximum Gasteiger partial charge on any atom is 0.180 e. The van der Waals surface area contributed by atoms with E-state index in [1.807, 2.05) is 31.7 Å². The molecule has 6 rings (SSSR count). The molecule has 6 heteroatoms.